The number of rotatable bonds is 13. The fourth-order valence-corrected chi connectivity index (χ4v) is 3.51. The molecule has 12 nitrogen and oxygen atoms in total. The maximum atomic E-state index is 13.3. The van der Waals surface area contributed by atoms with Crippen molar-refractivity contribution in [1.29, 1.82) is 0 Å². The molecule has 202 valence electrons. The number of carboxylic acid groups (broad SMARTS) is 1. The maximum Gasteiger partial charge on any atom is 0.326 e. The first-order chi connectivity index (χ1) is 17.4. The molecule has 0 bridgehead atoms. The van der Waals surface area contributed by atoms with Gasteiger partial charge < -0.3 is 36.9 Å². The fourth-order valence-electron chi connectivity index (χ4n) is 3.51. The van der Waals surface area contributed by atoms with Gasteiger partial charge in [0.05, 0.1) is 12.4 Å². The largest absolute Gasteiger partial charge is 0.508 e. The van der Waals surface area contributed by atoms with Gasteiger partial charge in [-0.2, -0.15) is 0 Å². The topological polar surface area (TPSA) is 200 Å². The number of hydrogen-bond acceptors (Lipinski definition) is 7. The summed E-state index contributed by atoms with van der Waals surface area (Å²) in [6.07, 6.45) is 2.92. The molecular formula is C25H36N6O6. The number of imidazole rings is 1. The number of nitrogens with zero attached hydrogens (tertiary/aromatic N) is 1. The molecule has 37 heavy (non-hydrogen) atoms. The number of amides is 3. The van der Waals surface area contributed by atoms with E-state index in [-0.39, 0.29) is 24.5 Å². The third-order valence-electron chi connectivity index (χ3n) is 5.87. The number of carbonyl (C=O) groups excluding carboxylic acids is 3. The van der Waals surface area contributed by atoms with Crippen molar-refractivity contribution in [2.24, 2.45) is 17.6 Å². The monoisotopic (exact) mass is 516 g/mol. The van der Waals surface area contributed by atoms with E-state index in [9.17, 15) is 29.4 Å². The van der Waals surface area contributed by atoms with Crippen LogP contribution in [0.2, 0.25) is 0 Å². The summed E-state index contributed by atoms with van der Waals surface area (Å²) in [5.41, 5.74) is 7.14. The molecule has 12 heteroatoms. The van der Waals surface area contributed by atoms with E-state index < -0.39 is 53.8 Å². The lowest BCUT2D eigenvalue weighted by atomic mass is 9.99. The predicted octanol–water partition coefficient (Wildman–Crippen LogP) is 0.0788. The van der Waals surface area contributed by atoms with Gasteiger partial charge in [0.2, 0.25) is 17.7 Å². The van der Waals surface area contributed by atoms with Gasteiger partial charge >= 0.3 is 5.97 Å². The van der Waals surface area contributed by atoms with Crippen LogP contribution in [0.5, 0.6) is 5.75 Å². The number of aliphatic carboxylic acids is 1. The molecular weight excluding hydrogens is 480 g/mol. The lowest BCUT2D eigenvalue weighted by Crippen LogP contribution is -2.59. The summed E-state index contributed by atoms with van der Waals surface area (Å²) in [4.78, 5) is 57.4. The second-order valence-corrected chi connectivity index (χ2v) is 9.61. The molecule has 4 atom stereocenters. The van der Waals surface area contributed by atoms with E-state index in [0.29, 0.717) is 11.3 Å². The lowest BCUT2D eigenvalue weighted by molar-refractivity contribution is -0.142. The Morgan fingerprint density at radius 3 is 2.03 bits per heavy atom. The number of aromatic amines is 1. The molecule has 0 aliphatic heterocycles. The predicted molar refractivity (Wildman–Crippen MR) is 135 cm³/mol. The number of benzene rings is 1. The first kappa shape index (κ1) is 29.3. The van der Waals surface area contributed by atoms with Crippen LogP contribution >= 0.6 is 0 Å². The SMILES string of the molecule is CC(C)[C@H](N)C(=O)N[C@@H](Cc1ccc(O)cc1)C(=O)N[C@H](C(=O)N[C@@H](Cc1cnc[nH]1)C(=O)O)C(C)C. The average Bonchev–Trinajstić information content (AvgIpc) is 3.35. The van der Waals surface area contributed by atoms with Crippen LogP contribution in [0, 0.1) is 11.8 Å². The Hall–Kier alpha value is -3.93. The van der Waals surface area contributed by atoms with Crippen LogP contribution in [0.4, 0.5) is 0 Å². The Balaban J connectivity index is 2.20. The van der Waals surface area contributed by atoms with Crippen molar-refractivity contribution in [3.8, 4) is 5.75 Å². The quantitative estimate of drug-likeness (QED) is 0.194. The molecule has 0 saturated carbocycles. The van der Waals surface area contributed by atoms with Crippen molar-refractivity contribution >= 4 is 23.7 Å². The number of phenols is 1. The molecule has 1 heterocycles. The minimum Gasteiger partial charge on any atom is -0.508 e. The molecule has 0 radical (unpaired) electrons. The maximum absolute atomic E-state index is 13.3. The number of H-pyrrole nitrogens is 1. The van der Waals surface area contributed by atoms with Crippen molar-refractivity contribution < 1.29 is 29.4 Å². The number of nitrogens with one attached hydrogen (secondary N) is 4. The Morgan fingerprint density at radius 1 is 0.892 bits per heavy atom. The zero-order chi connectivity index (χ0) is 27.7. The zero-order valence-electron chi connectivity index (χ0n) is 21.4. The van der Waals surface area contributed by atoms with Gasteiger partial charge in [-0.3, -0.25) is 14.4 Å². The Morgan fingerprint density at radius 2 is 1.51 bits per heavy atom. The van der Waals surface area contributed by atoms with E-state index in [2.05, 4.69) is 25.9 Å². The van der Waals surface area contributed by atoms with Crippen LogP contribution in [-0.4, -0.2) is 68.0 Å². The lowest BCUT2D eigenvalue weighted by Gasteiger charge is -2.27. The minimum atomic E-state index is -1.25. The van der Waals surface area contributed by atoms with Crippen LogP contribution in [-0.2, 0) is 32.0 Å². The molecule has 1 aromatic carbocycles. The molecule has 1 aromatic heterocycles. The second-order valence-electron chi connectivity index (χ2n) is 9.61. The first-order valence-corrected chi connectivity index (χ1v) is 12.0. The summed E-state index contributed by atoms with van der Waals surface area (Å²) in [5, 5.41) is 26.9. The van der Waals surface area contributed by atoms with Gasteiger partial charge in [-0.1, -0.05) is 39.8 Å². The normalized spacial score (nSPS) is 14.5. The van der Waals surface area contributed by atoms with Crippen LogP contribution in [0.15, 0.2) is 36.8 Å². The average molecular weight is 517 g/mol. The highest BCUT2D eigenvalue weighted by Gasteiger charge is 2.32. The molecule has 0 spiro atoms. The van der Waals surface area contributed by atoms with Crippen LogP contribution in [0.3, 0.4) is 0 Å². The van der Waals surface area contributed by atoms with Gasteiger partial charge in [0.1, 0.15) is 23.9 Å². The van der Waals surface area contributed by atoms with Crippen molar-refractivity contribution in [2.45, 2.75) is 64.7 Å². The molecule has 0 unspecified atom stereocenters. The standard InChI is InChI=1S/C25H36N6O6/c1-13(2)20(26)23(34)29-18(9-15-5-7-17(32)8-6-15)22(33)31-21(14(3)4)24(35)30-19(25(36)37)10-16-11-27-12-28-16/h5-8,11-14,18-21,32H,9-10,26H2,1-4H3,(H,27,28)(H,29,34)(H,30,35)(H,31,33)(H,36,37)/t18-,19-,20-,21-/m0/s1. The van der Waals surface area contributed by atoms with Gasteiger partial charge in [0, 0.05) is 24.7 Å². The fraction of sp³-hybridized carbons (Fsp3) is 0.480. The molecule has 3 amide bonds. The van der Waals surface area contributed by atoms with E-state index in [0.717, 1.165) is 0 Å². The molecule has 2 rings (SSSR count). The number of aromatic hydroxyl groups is 1. The zero-order valence-corrected chi connectivity index (χ0v) is 21.4. The van der Waals surface area contributed by atoms with E-state index in [1.807, 2.05) is 0 Å². The van der Waals surface area contributed by atoms with Gasteiger partial charge in [-0.25, -0.2) is 9.78 Å². The molecule has 0 saturated heterocycles. The molecule has 0 aliphatic rings. The molecule has 8 N–H and O–H groups in total. The van der Waals surface area contributed by atoms with Crippen LogP contribution in [0.25, 0.3) is 0 Å². The van der Waals surface area contributed by atoms with Gasteiger partial charge in [0.25, 0.3) is 0 Å². The van der Waals surface area contributed by atoms with Crippen molar-refractivity contribution in [2.75, 3.05) is 0 Å². The third kappa shape index (κ3) is 8.90. The van der Waals surface area contributed by atoms with Gasteiger partial charge in [-0.05, 0) is 29.5 Å². The summed E-state index contributed by atoms with van der Waals surface area (Å²) in [5.74, 6) is -3.59. The molecule has 0 aliphatic carbocycles. The van der Waals surface area contributed by atoms with Crippen LogP contribution < -0.4 is 21.7 Å². The Labute approximate surface area is 215 Å². The van der Waals surface area contributed by atoms with Gasteiger partial charge in [-0.15, -0.1) is 0 Å². The van der Waals surface area contributed by atoms with Gasteiger partial charge in [0.15, 0.2) is 0 Å². The summed E-state index contributed by atoms with van der Waals surface area (Å²) in [6.45, 7) is 6.97. The minimum absolute atomic E-state index is 0.0214. The number of aromatic nitrogens is 2. The Kier molecular flexibility index (Phi) is 10.6. The van der Waals surface area contributed by atoms with E-state index in [1.165, 1.54) is 24.7 Å². The second kappa shape index (κ2) is 13.4. The first-order valence-electron chi connectivity index (χ1n) is 12.0. The van der Waals surface area contributed by atoms with E-state index in [1.54, 1.807) is 39.8 Å². The summed E-state index contributed by atoms with van der Waals surface area (Å²) in [6, 6.07) is 1.91. The van der Waals surface area contributed by atoms with Crippen molar-refractivity contribution in [3.05, 3.63) is 48.0 Å². The number of carboxylic acids is 1. The summed E-state index contributed by atoms with van der Waals surface area (Å²) >= 11 is 0. The summed E-state index contributed by atoms with van der Waals surface area (Å²) in [7, 11) is 0. The highest BCUT2D eigenvalue weighted by molar-refractivity contribution is 5.94. The van der Waals surface area contributed by atoms with E-state index >= 15 is 0 Å². The molecule has 0 fully saturated rings. The smallest absolute Gasteiger partial charge is 0.326 e. The van der Waals surface area contributed by atoms with E-state index in [4.69, 9.17) is 5.73 Å². The third-order valence-corrected chi connectivity index (χ3v) is 5.87. The highest BCUT2D eigenvalue weighted by Crippen LogP contribution is 2.13. The number of carbonyl (C=O) groups is 4. The highest BCUT2D eigenvalue weighted by atomic mass is 16.4. The molecule has 2 aromatic rings. The number of hydrogen-bond donors (Lipinski definition) is 7. The Bertz CT molecular complexity index is 1050. The number of nitrogens with two attached hydrogens (primary N) is 1. The number of phenolic OH excluding ortho intramolecular Hbond substituents is 1. The summed E-state index contributed by atoms with van der Waals surface area (Å²) < 4.78 is 0. The van der Waals surface area contributed by atoms with Crippen molar-refractivity contribution in [1.82, 2.24) is 25.9 Å². The van der Waals surface area contributed by atoms with Crippen LogP contribution in [0.1, 0.15) is 39.0 Å². The van der Waals surface area contributed by atoms with Crippen molar-refractivity contribution in [3.63, 3.8) is 0 Å².